The van der Waals surface area contributed by atoms with E-state index < -0.39 is 20.0 Å². The van der Waals surface area contributed by atoms with E-state index in [1.54, 1.807) is 24.3 Å². The van der Waals surface area contributed by atoms with Crippen LogP contribution in [0.1, 0.15) is 20.3 Å². The molecule has 0 aliphatic carbocycles. The minimum atomic E-state index is -3.72. The first-order valence-electron chi connectivity index (χ1n) is 10.2. The molecular weight excluding hydrogens is 440 g/mol. The van der Waals surface area contributed by atoms with Crippen molar-refractivity contribution in [2.75, 3.05) is 39.4 Å². The standard InChI is InChI=1S/C21H28N2O6S2/c1-3-28-18-6-10-20(11-7-18)30(24,25)22-14-5-15-23(17-16-22)31(26,27)21-12-8-19(9-13-21)29-4-2/h6-13H,3-5,14-17H2,1-2H3. The van der Waals surface area contributed by atoms with Gasteiger partial charge in [0.25, 0.3) is 0 Å². The molecule has 1 fully saturated rings. The fraction of sp³-hybridized carbons (Fsp3) is 0.429. The largest absolute Gasteiger partial charge is 0.494 e. The predicted octanol–water partition coefficient (Wildman–Crippen LogP) is 2.57. The van der Waals surface area contributed by atoms with Crippen molar-refractivity contribution in [3.8, 4) is 11.5 Å². The van der Waals surface area contributed by atoms with E-state index >= 15 is 0 Å². The summed E-state index contributed by atoms with van der Waals surface area (Å²) in [7, 11) is -7.45. The number of benzene rings is 2. The van der Waals surface area contributed by atoms with Gasteiger partial charge in [0.2, 0.25) is 20.0 Å². The van der Waals surface area contributed by atoms with Crippen molar-refractivity contribution >= 4 is 20.0 Å². The number of sulfonamides is 2. The van der Waals surface area contributed by atoms with Crippen LogP contribution in [0.4, 0.5) is 0 Å². The third-order valence-corrected chi connectivity index (χ3v) is 8.78. The summed E-state index contributed by atoms with van der Waals surface area (Å²) in [6.45, 7) is 5.39. The van der Waals surface area contributed by atoms with Gasteiger partial charge in [-0.3, -0.25) is 0 Å². The van der Waals surface area contributed by atoms with Gasteiger partial charge in [-0.2, -0.15) is 8.61 Å². The van der Waals surface area contributed by atoms with E-state index in [4.69, 9.17) is 9.47 Å². The normalized spacial score (nSPS) is 16.6. The SMILES string of the molecule is CCOc1ccc(S(=O)(=O)N2CCCN(S(=O)(=O)c3ccc(OCC)cc3)CC2)cc1. The van der Waals surface area contributed by atoms with Crippen molar-refractivity contribution in [1.29, 1.82) is 0 Å². The van der Waals surface area contributed by atoms with E-state index in [1.807, 2.05) is 13.8 Å². The highest BCUT2D eigenvalue weighted by atomic mass is 32.2. The molecule has 0 N–H and O–H groups in total. The summed E-state index contributed by atoms with van der Waals surface area (Å²) in [5.41, 5.74) is 0. The second kappa shape index (κ2) is 9.99. The van der Waals surface area contributed by atoms with Gasteiger partial charge in [-0.1, -0.05) is 0 Å². The second-order valence-electron chi connectivity index (χ2n) is 6.97. The molecule has 0 radical (unpaired) electrons. The van der Waals surface area contributed by atoms with Crippen molar-refractivity contribution in [1.82, 2.24) is 8.61 Å². The number of rotatable bonds is 8. The van der Waals surface area contributed by atoms with Crippen LogP contribution in [0.5, 0.6) is 11.5 Å². The van der Waals surface area contributed by atoms with Gasteiger partial charge in [0, 0.05) is 26.2 Å². The quantitative estimate of drug-likeness (QED) is 0.591. The van der Waals surface area contributed by atoms with Gasteiger partial charge in [-0.25, -0.2) is 16.8 Å². The van der Waals surface area contributed by atoms with Crippen LogP contribution in [-0.2, 0) is 20.0 Å². The molecule has 1 saturated heterocycles. The number of hydrogen-bond donors (Lipinski definition) is 0. The Balaban J connectivity index is 1.73. The van der Waals surface area contributed by atoms with Gasteiger partial charge >= 0.3 is 0 Å². The Morgan fingerprint density at radius 1 is 0.645 bits per heavy atom. The van der Waals surface area contributed by atoms with Gasteiger partial charge in [0.15, 0.2) is 0 Å². The van der Waals surface area contributed by atoms with E-state index in [0.29, 0.717) is 31.1 Å². The van der Waals surface area contributed by atoms with E-state index in [1.165, 1.54) is 32.9 Å². The zero-order chi connectivity index (χ0) is 22.5. The lowest BCUT2D eigenvalue weighted by molar-refractivity contribution is 0.339. The van der Waals surface area contributed by atoms with E-state index in [9.17, 15) is 16.8 Å². The zero-order valence-electron chi connectivity index (χ0n) is 17.7. The summed E-state index contributed by atoms with van der Waals surface area (Å²) in [6, 6.07) is 12.5. The average molecular weight is 469 g/mol. The Hall–Kier alpha value is -2.14. The molecule has 2 aromatic carbocycles. The molecule has 0 bridgehead atoms. The molecule has 8 nitrogen and oxygen atoms in total. The molecule has 31 heavy (non-hydrogen) atoms. The monoisotopic (exact) mass is 468 g/mol. The Bertz CT molecular complexity index is 980. The zero-order valence-corrected chi connectivity index (χ0v) is 19.4. The Kier molecular flexibility index (Phi) is 7.58. The van der Waals surface area contributed by atoms with Crippen molar-refractivity contribution in [3.63, 3.8) is 0 Å². The van der Waals surface area contributed by atoms with Gasteiger partial charge in [0.05, 0.1) is 23.0 Å². The van der Waals surface area contributed by atoms with Crippen LogP contribution in [-0.4, -0.2) is 64.8 Å². The minimum Gasteiger partial charge on any atom is -0.494 e. The minimum absolute atomic E-state index is 0.0891. The van der Waals surface area contributed by atoms with E-state index in [-0.39, 0.29) is 36.0 Å². The lowest BCUT2D eigenvalue weighted by Gasteiger charge is -2.22. The Morgan fingerprint density at radius 2 is 1.00 bits per heavy atom. The molecule has 0 aromatic heterocycles. The number of nitrogens with zero attached hydrogens (tertiary/aromatic N) is 2. The third-order valence-electron chi connectivity index (χ3n) is 4.96. The predicted molar refractivity (Wildman–Crippen MR) is 117 cm³/mol. The first-order chi connectivity index (χ1) is 14.8. The maximum Gasteiger partial charge on any atom is 0.243 e. The Morgan fingerprint density at radius 3 is 1.32 bits per heavy atom. The van der Waals surface area contributed by atoms with Crippen LogP contribution in [0, 0.1) is 0 Å². The van der Waals surface area contributed by atoms with Crippen molar-refractivity contribution in [2.45, 2.75) is 30.1 Å². The molecule has 3 rings (SSSR count). The van der Waals surface area contributed by atoms with Crippen LogP contribution < -0.4 is 9.47 Å². The summed E-state index contributed by atoms with van der Waals surface area (Å²) in [4.78, 5) is 0.331. The smallest absolute Gasteiger partial charge is 0.243 e. The first-order valence-corrected chi connectivity index (χ1v) is 13.1. The lowest BCUT2D eigenvalue weighted by Crippen LogP contribution is -2.37. The molecule has 2 aromatic rings. The number of ether oxygens (including phenoxy) is 2. The summed E-state index contributed by atoms with van der Waals surface area (Å²) < 4.78 is 65.6. The van der Waals surface area contributed by atoms with Gasteiger partial charge in [-0.15, -0.1) is 0 Å². The first kappa shape index (κ1) is 23.5. The molecule has 0 spiro atoms. The fourth-order valence-electron chi connectivity index (χ4n) is 3.40. The average Bonchev–Trinajstić information content (AvgIpc) is 3.03. The summed E-state index contributed by atoms with van der Waals surface area (Å²) in [6.07, 6.45) is 0.409. The van der Waals surface area contributed by atoms with Gasteiger partial charge in [-0.05, 0) is 68.8 Å². The Labute approximate surface area is 184 Å². The number of hydrogen-bond acceptors (Lipinski definition) is 6. The highest BCUT2D eigenvalue weighted by molar-refractivity contribution is 7.89. The summed E-state index contributed by atoms with van der Waals surface area (Å²) in [5, 5.41) is 0. The molecule has 0 unspecified atom stereocenters. The molecule has 10 heteroatoms. The van der Waals surface area contributed by atoms with E-state index in [2.05, 4.69) is 0 Å². The highest BCUT2D eigenvalue weighted by Gasteiger charge is 2.31. The molecular formula is C21H28N2O6S2. The van der Waals surface area contributed by atoms with Crippen molar-refractivity contribution in [3.05, 3.63) is 48.5 Å². The topological polar surface area (TPSA) is 93.2 Å². The molecule has 0 saturated carbocycles. The van der Waals surface area contributed by atoms with Crippen LogP contribution >= 0.6 is 0 Å². The van der Waals surface area contributed by atoms with Crippen LogP contribution in [0.2, 0.25) is 0 Å². The molecule has 0 atom stereocenters. The third kappa shape index (κ3) is 5.38. The molecule has 170 valence electrons. The maximum absolute atomic E-state index is 13.0. The van der Waals surface area contributed by atoms with Crippen molar-refractivity contribution in [2.24, 2.45) is 0 Å². The van der Waals surface area contributed by atoms with Crippen LogP contribution in [0.15, 0.2) is 58.3 Å². The maximum atomic E-state index is 13.0. The van der Waals surface area contributed by atoms with Gasteiger partial charge < -0.3 is 9.47 Å². The van der Waals surface area contributed by atoms with Crippen molar-refractivity contribution < 1.29 is 26.3 Å². The summed E-state index contributed by atoms with van der Waals surface area (Å²) >= 11 is 0. The van der Waals surface area contributed by atoms with E-state index in [0.717, 1.165) is 0 Å². The molecule has 1 heterocycles. The van der Waals surface area contributed by atoms with Crippen LogP contribution in [0.25, 0.3) is 0 Å². The molecule has 1 aliphatic rings. The second-order valence-corrected chi connectivity index (χ2v) is 10.8. The van der Waals surface area contributed by atoms with Crippen LogP contribution in [0.3, 0.4) is 0 Å². The fourth-order valence-corrected chi connectivity index (χ4v) is 6.34. The molecule has 0 amide bonds. The molecule has 1 aliphatic heterocycles. The highest BCUT2D eigenvalue weighted by Crippen LogP contribution is 2.24. The lowest BCUT2D eigenvalue weighted by atomic mass is 10.3. The summed E-state index contributed by atoms with van der Waals surface area (Å²) in [5.74, 6) is 1.20. The van der Waals surface area contributed by atoms with Gasteiger partial charge in [0.1, 0.15) is 11.5 Å².